The van der Waals surface area contributed by atoms with Crippen LogP contribution in [-0.4, -0.2) is 37.0 Å². The number of hydrogen-bond donors (Lipinski definition) is 0. The second-order valence-corrected chi connectivity index (χ2v) is 12.3. The van der Waals surface area contributed by atoms with Gasteiger partial charge in [0, 0.05) is 12.8 Å². The highest BCUT2D eigenvalue weighted by molar-refractivity contribution is 7.91. The molecule has 0 radical (unpaired) electrons. The Hall–Kier alpha value is -2.34. The fourth-order valence-electron chi connectivity index (χ4n) is 4.06. The summed E-state index contributed by atoms with van der Waals surface area (Å²) in [6.07, 6.45) is -5.40. The van der Waals surface area contributed by atoms with Crippen molar-refractivity contribution in [3.05, 3.63) is 76.1 Å². The molecule has 0 saturated carbocycles. The minimum absolute atomic E-state index is 0.147. The van der Waals surface area contributed by atoms with E-state index in [0.29, 0.717) is 21.0 Å². The fourth-order valence-corrected chi connectivity index (χ4v) is 7.31. The molecule has 4 rings (SSSR count). The molecule has 0 aliphatic carbocycles. The number of halogens is 6. The number of sulfonamides is 1. The maximum Gasteiger partial charge on any atom is 0.416 e. The van der Waals surface area contributed by atoms with Crippen molar-refractivity contribution in [3.63, 3.8) is 0 Å². The van der Waals surface area contributed by atoms with E-state index in [-0.39, 0.29) is 21.4 Å². The zero-order chi connectivity index (χ0) is 26.3. The molecule has 1 atom stereocenters. The number of carbonyl (C=O) groups is 1. The lowest BCUT2D eigenvalue weighted by molar-refractivity contribution is -0.137. The second kappa shape index (κ2) is 9.85. The Morgan fingerprint density at radius 2 is 1.75 bits per heavy atom. The van der Waals surface area contributed by atoms with Crippen LogP contribution >= 0.6 is 22.9 Å². The molecule has 4 nitrogen and oxygen atoms in total. The largest absolute Gasteiger partial charge is 0.416 e. The Balaban J connectivity index is 1.49. The Morgan fingerprint density at radius 3 is 2.36 bits per heavy atom. The molecule has 3 aromatic rings. The Bertz CT molecular complexity index is 1370. The van der Waals surface area contributed by atoms with E-state index in [9.17, 15) is 35.2 Å². The van der Waals surface area contributed by atoms with E-state index < -0.39 is 52.5 Å². The fraction of sp³-hybridized carbons (Fsp3) is 0.292. The molecule has 0 spiro atoms. The van der Waals surface area contributed by atoms with Gasteiger partial charge in [0.25, 0.3) is 15.9 Å². The van der Waals surface area contributed by atoms with Crippen LogP contribution < -0.4 is 0 Å². The van der Waals surface area contributed by atoms with E-state index in [1.165, 1.54) is 24.3 Å². The number of aryl methyl sites for hydroxylation is 1. The first kappa shape index (κ1) is 26.7. The summed E-state index contributed by atoms with van der Waals surface area (Å²) in [6.45, 7) is -1.09. The minimum Gasteiger partial charge on any atom is -0.298 e. The van der Waals surface area contributed by atoms with Gasteiger partial charge in [0.1, 0.15) is 4.21 Å². The first-order valence-electron chi connectivity index (χ1n) is 10.7. The third-order valence-electron chi connectivity index (χ3n) is 5.84. The number of ketones is 1. The summed E-state index contributed by atoms with van der Waals surface area (Å²) in [4.78, 5) is 12.9. The van der Waals surface area contributed by atoms with Gasteiger partial charge in [-0.3, -0.25) is 4.79 Å². The van der Waals surface area contributed by atoms with Gasteiger partial charge in [-0.25, -0.2) is 17.2 Å². The molecular weight excluding hydrogens is 545 g/mol. The van der Waals surface area contributed by atoms with Crippen LogP contribution in [0.2, 0.25) is 4.34 Å². The van der Waals surface area contributed by atoms with Crippen LogP contribution in [0.25, 0.3) is 11.1 Å². The molecule has 1 fully saturated rings. The lowest BCUT2D eigenvalue weighted by atomic mass is 9.98. The summed E-state index contributed by atoms with van der Waals surface area (Å²) in [5.41, 5.74) is 1.05. The van der Waals surface area contributed by atoms with E-state index in [1.54, 1.807) is 24.3 Å². The molecule has 1 aliphatic rings. The number of Topliss-reactive ketones (excluding diaryl/α,β-unsaturated/α-hetero) is 1. The summed E-state index contributed by atoms with van der Waals surface area (Å²) in [5, 5.41) is 0. The molecule has 12 heteroatoms. The number of hydrogen-bond acceptors (Lipinski definition) is 4. The number of benzene rings is 2. The highest BCUT2D eigenvalue weighted by Gasteiger charge is 2.52. The van der Waals surface area contributed by atoms with Crippen LogP contribution in [0.15, 0.2) is 64.9 Å². The molecule has 1 aromatic heterocycles. The van der Waals surface area contributed by atoms with Crippen LogP contribution in [-0.2, 0) is 27.4 Å². The van der Waals surface area contributed by atoms with Crippen molar-refractivity contribution in [2.75, 3.05) is 6.54 Å². The predicted molar refractivity (Wildman–Crippen MR) is 127 cm³/mol. The van der Waals surface area contributed by atoms with E-state index in [4.69, 9.17) is 11.6 Å². The molecule has 2 aromatic carbocycles. The number of carbonyl (C=O) groups excluding carboxylic acids is 1. The van der Waals surface area contributed by atoms with Gasteiger partial charge in [-0.15, -0.1) is 11.3 Å². The Morgan fingerprint density at radius 1 is 1.06 bits per heavy atom. The van der Waals surface area contributed by atoms with Gasteiger partial charge in [-0.05, 0) is 47.4 Å². The Labute approximate surface area is 213 Å². The number of alkyl halides is 5. The first-order chi connectivity index (χ1) is 16.8. The average molecular weight is 564 g/mol. The summed E-state index contributed by atoms with van der Waals surface area (Å²) in [7, 11) is -4.34. The van der Waals surface area contributed by atoms with Crippen molar-refractivity contribution in [2.24, 2.45) is 0 Å². The number of thiophene rings is 1. The minimum atomic E-state index is -4.45. The zero-order valence-electron chi connectivity index (χ0n) is 18.4. The van der Waals surface area contributed by atoms with E-state index >= 15 is 0 Å². The summed E-state index contributed by atoms with van der Waals surface area (Å²) < 4.78 is 93.2. The molecule has 0 amide bonds. The summed E-state index contributed by atoms with van der Waals surface area (Å²) in [6, 6.07) is 12.4. The zero-order valence-corrected chi connectivity index (χ0v) is 20.8. The van der Waals surface area contributed by atoms with Gasteiger partial charge in [-0.2, -0.15) is 17.5 Å². The molecular formula is C24H19ClF5NO3S2. The van der Waals surface area contributed by atoms with Crippen LogP contribution in [0, 0.1) is 0 Å². The lowest BCUT2D eigenvalue weighted by Crippen LogP contribution is -2.40. The molecule has 0 bridgehead atoms. The van der Waals surface area contributed by atoms with Crippen molar-refractivity contribution < 1.29 is 35.2 Å². The van der Waals surface area contributed by atoms with Crippen molar-refractivity contribution in [1.82, 2.24) is 4.31 Å². The molecule has 1 saturated heterocycles. The van der Waals surface area contributed by atoms with Crippen molar-refractivity contribution in [1.29, 1.82) is 0 Å². The third-order valence-corrected chi connectivity index (χ3v) is 9.40. The van der Waals surface area contributed by atoms with E-state index in [1.807, 2.05) is 0 Å². The van der Waals surface area contributed by atoms with Crippen molar-refractivity contribution in [3.8, 4) is 11.1 Å². The maximum atomic E-state index is 14.2. The van der Waals surface area contributed by atoms with Gasteiger partial charge in [0.15, 0.2) is 5.78 Å². The van der Waals surface area contributed by atoms with E-state index in [0.717, 1.165) is 23.5 Å². The van der Waals surface area contributed by atoms with Crippen LogP contribution in [0.4, 0.5) is 22.0 Å². The molecule has 0 N–H and O–H groups in total. The smallest absolute Gasteiger partial charge is 0.298 e. The van der Waals surface area contributed by atoms with Crippen LogP contribution in [0.5, 0.6) is 0 Å². The van der Waals surface area contributed by atoms with Gasteiger partial charge in [0.2, 0.25) is 0 Å². The standard InChI is InChI=1S/C24H19ClF5NO3S2/c25-21-10-11-22(35-21)36(33,34)31-14-23(26,27)13-19(31)20(32)9-4-15-2-1-3-17(12-15)16-5-7-18(8-6-16)24(28,29)30/h1-3,5-8,10-12,19H,4,9,13-14H2/t19-/m0/s1. The Kier molecular flexibility index (Phi) is 7.31. The molecule has 0 unspecified atom stereocenters. The lowest BCUT2D eigenvalue weighted by Gasteiger charge is -2.21. The quantitative estimate of drug-likeness (QED) is 0.301. The molecule has 192 valence electrons. The molecule has 1 aliphatic heterocycles. The number of rotatable bonds is 7. The van der Waals surface area contributed by atoms with Gasteiger partial charge >= 0.3 is 6.18 Å². The number of nitrogens with zero attached hydrogens (tertiary/aromatic N) is 1. The van der Waals surface area contributed by atoms with Gasteiger partial charge in [-0.1, -0.05) is 48.0 Å². The highest BCUT2D eigenvalue weighted by atomic mass is 35.5. The highest BCUT2D eigenvalue weighted by Crippen LogP contribution is 2.39. The monoisotopic (exact) mass is 563 g/mol. The SMILES string of the molecule is O=C(CCc1cccc(-c2ccc(C(F)(F)F)cc2)c1)[C@@H]1CC(F)(F)CN1S(=O)(=O)c1ccc(Cl)s1. The van der Waals surface area contributed by atoms with Crippen molar-refractivity contribution in [2.45, 2.75) is 41.6 Å². The molecule has 2 heterocycles. The summed E-state index contributed by atoms with van der Waals surface area (Å²) >= 11 is 6.53. The predicted octanol–water partition coefficient (Wildman–Crippen LogP) is 6.69. The van der Waals surface area contributed by atoms with Gasteiger partial charge in [0.05, 0.1) is 22.5 Å². The first-order valence-corrected chi connectivity index (χ1v) is 13.3. The van der Waals surface area contributed by atoms with Crippen molar-refractivity contribution >= 4 is 38.7 Å². The normalized spacial score (nSPS) is 18.4. The van der Waals surface area contributed by atoms with Crippen LogP contribution in [0.1, 0.15) is 24.0 Å². The maximum absolute atomic E-state index is 14.2. The van der Waals surface area contributed by atoms with Crippen LogP contribution in [0.3, 0.4) is 0 Å². The average Bonchev–Trinajstić information content (AvgIpc) is 3.40. The van der Waals surface area contributed by atoms with E-state index in [2.05, 4.69) is 0 Å². The third kappa shape index (κ3) is 5.80. The topological polar surface area (TPSA) is 54.5 Å². The second-order valence-electron chi connectivity index (χ2n) is 8.43. The summed E-state index contributed by atoms with van der Waals surface area (Å²) in [5.74, 6) is -3.99. The van der Waals surface area contributed by atoms with Gasteiger partial charge < -0.3 is 0 Å². The molecule has 36 heavy (non-hydrogen) atoms.